The van der Waals surface area contributed by atoms with E-state index in [9.17, 15) is 5.26 Å². The van der Waals surface area contributed by atoms with Gasteiger partial charge in [-0.2, -0.15) is 5.26 Å². The Hall–Kier alpha value is -1.86. The van der Waals surface area contributed by atoms with Gasteiger partial charge in [0.25, 0.3) is 0 Å². The number of oxazole rings is 1. The summed E-state index contributed by atoms with van der Waals surface area (Å²) in [6.45, 7) is 1.85. The number of aromatic nitrogens is 1. The number of hydrogen-bond donors (Lipinski definition) is 0. The van der Waals surface area contributed by atoms with Crippen molar-refractivity contribution in [3.8, 4) is 6.07 Å². The molecular weight excluding hydrogens is 250 g/mol. The molecule has 104 valence electrons. The molecule has 1 unspecified atom stereocenters. The topological polar surface area (TPSA) is 53.1 Å². The first-order valence-electron chi connectivity index (χ1n) is 7.00. The number of hydrogen-bond acceptors (Lipinski definition) is 4. The Bertz CT molecular complexity index is 677. The second-order valence-corrected chi connectivity index (χ2v) is 5.95. The zero-order valence-corrected chi connectivity index (χ0v) is 12.2. The predicted octanol–water partition coefficient (Wildman–Crippen LogP) is 3.43. The summed E-state index contributed by atoms with van der Waals surface area (Å²) in [4.78, 5) is 6.48. The van der Waals surface area contributed by atoms with Crippen LogP contribution in [0.1, 0.15) is 36.8 Å². The molecule has 2 aromatic rings. The molecule has 1 aromatic heterocycles. The Morgan fingerprint density at radius 2 is 2.15 bits per heavy atom. The van der Waals surface area contributed by atoms with Crippen LogP contribution in [0.4, 0.5) is 0 Å². The normalized spacial score (nSPS) is 18.8. The van der Waals surface area contributed by atoms with E-state index in [-0.39, 0.29) is 11.5 Å². The quantitative estimate of drug-likeness (QED) is 0.856. The van der Waals surface area contributed by atoms with E-state index in [1.807, 2.05) is 33.2 Å². The molecule has 1 heterocycles. The SMILES string of the molecule is Cc1nc2ccc(C(N(C)C)C3(C#N)CCC3)cc2o1. The fraction of sp³-hybridized carbons (Fsp3) is 0.500. The van der Waals surface area contributed by atoms with Crippen molar-refractivity contribution < 1.29 is 4.42 Å². The first-order chi connectivity index (χ1) is 9.55. The van der Waals surface area contributed by atoms with Gasteiger partial charge in [0.2, 0.25) is 0 Å². The van der Waals surface area contributed by atoms with Crippen molar-refractivity contribution in [3.05, 3.63) is 29.7 Å². The number of benzene rings is 1. The molecule has 3 rings (SSSR count). The molecule has 0 spiro atoms. The van der Waals surface area contributed by atoms with Gasteiger partial charge >= 0.3 is 0 Å². The van der Waals surface area contributed by atoms with Crippen LogP contribution < -0.4 is 0 Å². The monoisotopic (exact) mass is 269 g/mol. The van der Waals surface area contributed by atoms with Crippen molar-refractivity contribution >= 4 is 11.1 Å². The third-order valence-corrected chi connectivity index (χ3v) is 4.34. The Balaban J connectivity index is 2.07. The van der Waals surface area contributed by atoms with Crippen LogP contribution >= 0.6 is 0 Å². The van der Waals surface area contributed by atoms with Gasteiger partial charge in [-0.3, -0.25) is 0 Å². The Kier molecular flexibility index (Phi) is 3.02. The maximum absolute atomic E-state index is 9.62. The van der Waals surface area contributed by atoms with Crippen LogP contribution in [0.3, 0.4) is 0 Å². The van der Waals surface area contributed by atoms with E-state index >= 15 is 0 Å². The van der Waals surface area contributed by atoms with Gasteiger partial charge in [0, 0.05) is 6.92 Å². The molecule has 1 fully saturated rings. The van der Waals surface area contributed by atoms with Crippen molar-refractivity contribution in [1.29, 1.82) is 5.26 Å². The molecule has 4 nitrogen and oxygen atoms in total. The Morgan fingerprint density at radius 3 is 2.70 bits per heavy atom. The zero-order valence-electron chi connectivity index (χ0n) is 12.2. The highest BCUT2D eigenvalue weighted by Gasteiger charge is 2.46. The molecule has 0 saturated heterocycles. The molecular formula is C16H19N3O. The maximum atomic E-state index is 9.62. The number of rotatable bonds is 3. The second kappa shape index (κ2) is 4.60. The van der Waals surface area contributed by atoms with Crippen molar-refractivity contribution in [2.75, 3.05) is 14.1 Å². The summed E-state index contributed by atoms with van der Waals surface area (Å²) >= 11 is 0. The van der Waals surface area contributed by atoms with Crippen molar-refractivity contribution in [3.63, 3.8) is 0 Å². The number of nitriles is 1. The lowest BCUT2D eigenvalue weighted by Crippen LogP contribution is -2.41. The lowest BCUT2D eigenvalue weighted by molar-refractivity contribution is 0.0749. The minimum absolute atomic E-state index is 0.107. The zero-order chi connectivity index (χ0) is 14.3. The number of aryl methyl sites for hydroxylation is 1. The third-order valence-electron chi connectivity index (χ3n) is 4.34. The molecule has 4 heteroatoms. The van der Waals surface area contributed by atoms with Crippen LogP contribution in [-0.2, 0) is 0 Å². The van der Waals surface area contributed by atoms with E-state index in [0.717, 1.165) is 35.9 Å². The summed E-state index contributed by atoms with van der Waals surface area (Å²) in [6.07, 6.45) is 3.08. The second-order valence-electron chi connectivity index (χ2n) is 5.95. The van der Waals surface area contributed by atoms with Gasteiger partial charge in [0.1, 0.15) is 5.52 Å². The van der Waals surface area contributed by atoms with E-state index in [2.05, 4.69) is 22.0 Å². The summed E-state index contributed by atoms with van der Waals surface area (Å²) in [7, 11) is 4.08. The molecule has 0 bridgehead atoms. The summed E-state index contributed by atoms with van der Waals surface area (Å²) in [6, 6.07) is 8.77. The van der Waals surface area contributed by atoms with E-state index in [1.165, 1.54) is 0 Å². The van der Waals surface area contributed by atoms with Crippen LogP contribution in [0.15, 0.2) is 22.6 Å². The smallest absolute Gasteiger partial charge is 0.192 e. The van der Waals surface area contributed by atoms with Gasteiger partial charge in [-0.1, -0.05) is 12.5 Å². The highest BCUT2D eigenvalue weighted by Crippen LogP contribution is 2.51. The van der Waals surface area contributed by atoms with Crippen molar-refractivity contribution in [1.82, 2.24) is 9.88 Å². The highest BCUT2D eigenvalue weighted by molar-refractivity contribution is 5.73. The lowest BCUT2D eigenvalue weighted by Gasteiger charge is -2.45. The van der Waals surface area contributed by atoms with Crippen LogP contribution in [0.5, 0.6) is 0 Å². The molecule has 20 heavy (non-hydrogen) atoms. The summed E-state index contributed by atoms with van der Waals surface area (Å²) < 4.78 is 5.62. The molecule has 0 radical (unpaired) electrons. The van der Waals surface area contributed by atoms with E-state index in [1.54, 1.807) is 0 Å². The molecule has 0 amide bonds. The van der Waals surface area contributed by atoms with Gasteiger partial charge in [-0.05, 0) is 44.6 Å². The van der Waals surface area contributed by atoms with Gasteiger partial charge in [0.15, 0.2) is 11.5 Å². The Labute approximate surface area is 119 Å². The van der Waals surface area contributed by atoms with E-state index < -0.39 is 0 Å². The van der Waals surface area contributed by atoms with Crippen LogP contribution in [0.2, 0.25) is 0 Å². The fourth-order valence-corrected chi connectivity index (χ4v) is 3.34. The number of fused-ring (bicyclic) bond motifs is 1. The Morgan fingerprint density at radius 1 is 1.40 bits per heavy atom. The lowest BCUT2D eigenvalue weighted by atomic mass is 9.63. The van der Waals surface area contributed by atoms with Gasteiger partial charge in [0.05, 0.1) is 17.5 Å². The minimum atomic E-state index is -0.258. The van der Waals surface area contributed by atoms with Crippen LogP contribution in [-0.4, -0.2) is 24.0 Å². The first-order valence-corrected chi connectivity index (χ1v) is 7.00. The first kappa shape index (κ1) is 13.1. The standard InChI is InChI=1S/C16H19N3O/c1-11-18-13-6-5-12(9-14(13)20-11)15(19(2)3)16(10-17)7-4-8-16/h5-6,9,15H,4,7-8H2,1-3H3. The third kappa shape index (κ3) is 1.90. The highest BCUT2D eigenvalue weighted by atomic mass is 16.3. The molecule has 1 atom stereocenters. The molecule has 0 N–H and O–H groups in total. The fourth-order valence-electron chi connectivity index (χ4n) is 3.34. The average molecular weight is 269 g/mol. The van der Waals surface area contributed by atoms with E-state index in [0.29, 0.717) is 5.89 Å². The van der Waals surface area contributed by atoms with Gasteiger partial charge in [-0.25, -0.2) is 4.98 Å². The maximum Gasteiger partial charge on any atom is 0.192 e. The molecule has 1 aliphatic rings. The minimum Gasteiger partial charge on any atom is -0.441 e. The van der Waals surface area contributed by atoms with Crippen LogP contribution in [0, 0.1) is 23.7 Å². The van der Waals surface area contributed by atoms with Crippen LogP contribution in [0.25, 0.3) is 11.1 Å². The van der Waals surface area contributed by atoms with Crippen molar-refractivity contribution in [2.24, 2.45) is 5.41 Å². The summed E-state index contributed by atoms with van der Waals surface area (Å²) in [5.41, 5.74) is 2.56. The average Bonchev–Trinajstić information content (AvgIpc) is 2.72. The van der Waals surface area contributed by atoms with Gasteiger partial charge in [-0.15, -0.1) is 0 Å². The van der Waals surface area contributed by atoms with Crippen molar-refractivity contribution in [2.45, 2.75) is 32.2 Å². The summed E-state index contributed by atoms with van der Waals surface area (Å²) in [5, 5.41) is 9.62. The molecule has 1 aromatic carbocycles. The number of nitrogens with zero attached hydrogens (tertiary/aromatic N) is 3. The molecule has 0 aliphatic heterocycles. The predicted molar refractivity (Wildman–Crippen MR) is 77.1 cm³/mol. The molecule has 1 saturated carbocycles. The molecule has 1 aliphatic carbocycles. The van der Waals surface area contributed by atoms with E-state index in [4.69, 9.17) is 4.42 Å². The largest absolute Gasteiger partial charge is 0.441 e. The van der Waals surface area contributed by atoms with Gasteiger partial charge < -0.3 is 9.32 Å². The summed E-state index contributed by atoms with van der Waals surface area (Å²) in [5.74, 6) is 0.678.